The van der Waals surface area contributed by atoms with Gasteiger partial charge in [0.25, 0.3) is 5.92 Å². The van der Waals surface area contributed by atoms with Crippen LogP contribution in [0.4, 0.5) is 20.3 Å². The van der Waals surface area contributed by atoms with Crippen LogP contribution in [0, 0.1) is 5.92 Å². The third-order valence-electron chi connectivity index (χ3n) is 6.69. The molecule has 0 radical (unpaired) electrons. The Kier molecular flexibility index (Phi) is 6.54. The van der Waals surface area contributed by atoms with Crippen molar-refractivity contribution >= 4 is 23.1 Å². The van der Waals surface area contributed by atoms with Gasteiger partial charge in [-0.05, 0) is 51.5 Å². The molecule has 9 heteroatoms. The molecular formula is C23H30ClF2N5O. The van der Waals surface area contributed by atoms with E-state index in [-0.39, 0.29) is 32.0 Å². The van der Waals surface area contributed by atoms with Gasteiger partial charge in [0.2, 0.25) is 0 Å². The summed E-state index contributed by atoms with van der Waals surface area (Å²) in [5.74, 6) is -1.69. The van der Waals surface area contributed by atoms with Crippen LogP contribution in [0.1, 0.15) is 52.4 Å². The van der Waals surface area contributed by atoms with Gasteiger partial charge in [0.05, 0.1) is 23.7 Å². The number of halogens is 3. The molecule has 174 valence electrons. The Morgan fingerprint density at radius 3 is 2.34 bits per heavy atom. The van der Waals surface area contributed by atoms with Gasteiger partial charge in [-0.15, -0.1) is 0 Å². The Hall–Kier alpha value is -2.06. The van der Waals surface area contributed by atoms with Crippen molar-refractivity contribution in [1.29, 1.82) is 0 Å². The molecule has 0 amide bonds. The van der Waals surface area contributed by atoms with Crippen LogP contribution in [0.25, 0.3) is 11.3 Å². The molecule has 1 aliphatic heterocycles. The molecule has 1 saturated heterocycles. The molecule has 0 spiro atoms. The summed E-state index contributed by atoms with van der Waals surface area (Å²) in [6.07, 6.45) is 8.46. The van der Waals surface area contributed by atoms with Crippen LogP contribution in [-0.2, 0) is 0 Å². The van der Waals surface area contributed by atoms with Crippen LogP contribution in [-0.4, -0.2) is 50.7 Å². The first-order valence-corrected chi connectivity index (χ1v) is 11.6. The van der Waals surface area contributed by atoms with E-state index >= 15 is 0 Å². The van der Waals surface area contributed by atoms with E-state index in [2.05, 4.69) is 20.3 Å². The van der Waals surface area contributed by atoms with Crippen molar-refractivity contribution in [1.82, 2.24) is 15.0 Å². The number of rotatable bonds is 5. The first-order valence-electron chi connectivity index (χ1n) is 11.2. The molecule has 2 aromatic rings. The Labute approximate surface area is 192 Å². The molecule has 2 aromatic heterocycles. The average Bonchev–Trinajstić information content (AvgIpc) is 2.74. The van der Waals surface area contributed by atoms with E-state index < -0.39 is 11.5 Å². The summed E-state index contributed by atoms with van der Waals surface area (Å²) in [5.41, 5.74) is 1.63. The van der Waals surface area contributed by atoms with Gasteiger partial charge in [-0.3, -0.25) is 4.98 Å². The summed E-state index contributed by atoms with van der Waals surface area (Å²) in [6, 6.07) is 2.06. The Morgan fingerprint density at radius 2 is 1.75 bits per heavy atom. The first-order chi connectivity index (χ1) is 15.1. The lowest BCUT2D eigenvalue weighted by Crippen LogP contribution is -2.39. The number of alkyl halides is 2. The van der Waals surface area contributed by atoms with Gasteiger partial charge in [-0.1, -0.05) is 11.6 Å². The van der Waals surface area contributed by atoms with Crippen molar-refractivity contribution < 1.29 is 13.9 Å². The molecule has 0 atom stereocenters. The van der Waals surface area contributed by atoms with Crippen molar-refractivity contribution in [3.63, 3.8) is 0 Å². The third-order valence-corrected chi connectivity index (χ3v) is 6.90. The van der Waals surface area contributed by atoms with Gasteiger partial charge >= 0.3 is 0 Å². The zero-order valence-electron chi connectivity index (χ0n) is 18.5. The predicted molar refractivity (Wildman–Crippen MR) is 122 cm³/mol. The van der Waals surface area contributed by atoms with Gasteiger partial charge in [0, 0.05) is 49.4 Å². The summed E-state index contributed by atoms with van der Waals surface area (Å²) in [4.78, 5) is 15.1. The standard InChI is InChI=1S/C23H30ClF2N5O/c1-22(2,32)15-3-5-16(6-4-15)30-18-11-20(24)28-12-17(18)19-13-29-21(14-27-19)31-9-7-23(25,26)8-10-31/h11-16,32H,3-10H2,1-2H3,(H,28,30). The van der Waals surface area contributed by atoms with Gasteiger partial charge in [-0.25, -0.2) is 18.7 Å². The number of hydrogen-bond donors (Lipinski definition) is 2. The minimum absolute atomic E-state index is 0.165. The van der Waals surface area contributed by atoms with Gasteiger partial charge in [-0.2, -0.15) is 0 Å². The Balaban J connectivity index is 1.46. The maximum atomic E-state index is 13.4. The van der Waals surface area contributed by atoms with E-state index in [1.165, 1.54) is 0 Å². The summed E-state index contributed by atoms with van der Waals surface area (Å²) >= 11 is 6.17. The summed E-state index contributed by atoms with van der Waals surface area (Å²) in [6.45, 7) is 4.29. The number of nitrogens with one attached hydrogen (secondary N) is 1. The monoisotopic (exact) mass is 465 g/mol. The van der Waals surface area contributed by atoms with E-state index in [0.29, 0.717) is 22.6 Å². The van der Waals surface area contributed by atoms with E-state index in [0.717, 1.165) is 36.9 Å². The maximum absolute atomic E-state index is 13.4. The topological polar surface area (TPSA) is 74.2 Å². The zero-order valence-corrected chi connectivity index (χ0v) is 19.2. The quantitative estimate of drug-likeness (QED) is 0.593. The Morgan fingerprint density at radius 1 is 1.06 bits per heavy atom. The number of aliphatic hydroxyl groups is 1. The van der Waals surface area contributed by atoms with E-state index in [1.807, 2.05) is 18.7 Å². The summed E-state index contributed by atoms with van der Waals surface area (Å²) in [5, 5.41) is 14.3. The lowest BCUT2D eigenvalue weighted by atomic mass is 9.77. The van der Waals surface area contributed by atoms with Crippen molar-refractivity contribution in [2.24, 2.45) is 5.92 Å². The molecule has 6 nitrogen and oxygen atoms in total. The lowest BCUT2D eigenvalue weighted by Gasteiger charge is -2.36. The van der Waals surface area contributed by atoms with Crippen LogP contribution in [0.15, 0.2) is 24.7 Å². The second-order valence-corrected chi connectivity index (χ2v) is 9.89. The number of hydrogen-bond acceptors (Lipinski definition) is 6. The fourth-order valence-electron chi connectivity index (χ4n) is 4.60. The van der Waals surface area contributed by atoms with Crippen molar-refractivity contribution in [2.75, 3.05) is 23.3 Å². The van der Waals surface area contributed by atoms with Gasteiger partial charge in [0.15, 0.2) is 0 Å². The first kappa shape index (κ1) is 23.1. The predicted octanol–water partition coefficient (Wildman–Crippen LogP) is 5.17. The Bertz CT molecular complexity index is 917. The molecule has 2 aliphatic rings. The van der Waals surface area contributed by atoms with E-state index in [4.69, 9.17) is 11.6 Å². The number of nitrogens with zero attached hydrogens (tertiary/aromatic N) is 4. The SMILES string of the molecule is CC(C)(O)C1CCC(Nc2cc(Cl)ncc2-c2cnc(N3CCC(F)(F)CC3)cn2)CC1. The lowest BCUT2D eigenvalue weighted by molar-refractivity contribution is -0.0221. The minimum Gasteiger partial charge on any atom is -0.390 e. The molecule has 4 rings (SSSR count). The number of anilines is 2. The molecule has 3 heterocycles. The van der Waals surface area contributed by atoms with Crippen LogP contribution in [0.5, 0.6) is 0 Å². The highest BCUT2D eigenvalue weighted by Gasteiger charge is 2.34. The van der Waals surface area contributed by atoms with Crippen LogP contribution < -0.4 is 10.2 Å². The van der Waals surface area contributed by atoms with Crippen LogP contribution >= 0.6 is 11.6 Å². The average molecular weight is 466 g/mol. The molecule has 2 fully saturated rings. The van der Waals surface area contributed by atoms with Crippen LogP contribution in [0.3, 0.4) is 0 Å². The molecule has 0 bridgehead atoms. The maximum Gasteiger partial charge on any atom is 0.251 e. The van der Waals surface area contributed by atoms with Crippen molar-refractivity contribution in [3.8, 4) is 11.3 Å². The molecule has 2 N–H and O–H groups in total. The number of aromatic nitrogens is 3. The fourth-order valence-corrected chi connectivity index (χ4v) is 4.76. The van der Waals surface area contributed by atoms with E-state index in [9.17, 15) is 13.9 Å². The smallest absolute Gasteiger partial charge is 0.251 e. The van der Waals surface area contributed by atoms with Gasteiger partial charge < -0.3 is 15.3 Å². The van der Waals surface area contributed by atoms with Crippen molar-refractivity contribution in [2.45, 2.75) is 69.9 Å². The normalized spacial score (nSPS) is 23.8. The molecule has 0 aromatic carbocycles. The van der Waals surface area contributed by atoms with Crippen LogP contribution in [0.2, 0.25) is 5.15 Å². The highest BCUT2D eigenvalue weighted by molar-refractivity contribution is 6.29. The second kappa shape index (κ2) is 9.06. The van der Waals surface area contributed by atoms with E-state index in [1.54, 1.807) is 24.7 Å². The number of pyridine rings is 1. The van der Waals surface area contributed by atoms with Crippen molar-refractivity contribution in [3.05, 3.63) is 29.8 Å². The largest absolute Gasteiger partial charge is 0.390 e. The molecule has 32 heavy (non-hydrogen) atoms. The van der Waals surface area contributed by atoms with Gasteiger partial charge in [0.1, 0.15) is 11.0 Å². The zero-order chi connectivity index (χ0) is 22.9. The summed E-state index contributed by atoms with van der Waals surface area (Å²) < 4.78 is 26.9. The molecule has 1 aliphatic carbocycles. The third kappa shape index (κ3) is 5.46. The molecular weight excluding hydrogens is 436 g/mol. The molecule has 0 unspecified atom stereocenters. The summed E-state index contributed by atoms with van der Waals surface area (Å²) in [7, 11) is 0. The second-order valence-electron chi connectivity index (χ2n) is 9.50. The fraction of sp³-hybridized carbons (Fsp3) is 0.609. The molecule has 1 saturated carbocycles. The minimum atomic E-state index is -2.59. The highest BCUT2D eigenvalue weighted by atomic mass is 35.5. The highest BCUT2D eigenvalue weighted by Crippen LogP contribution is 2.36. The number of piperidine rings is 1.